The molecule has 1 fully saturated rings. The van der Waals surface area contributed by atoms with Gasteiger partial charge in [-0.15, -0.1) is 0 Å². The lowest BCUT2D eigenvalue weighted by Gasteiger charge is -2.34. The number of hydrogen-bond donors (Lipinski definition) is 1. The van der Waals surface area contributed by atoms with Crippen LogP contribution in [0.1, 0.15) is 15.9 Å². The van der Waals surface area contributed by atoms with Gasteiger partial charge in [0.15, 0.2) is 0 Å². The first-order valence-electron chi connectivity index (χ1n) is 6.99. The van der Waals surface area contributed by atoms with Crippen molar-refractivity contribution in [2.75, 3.05) is 39.8 Å². The van der Waals surface area contributed by atoms with Crippen LogP contribution in [0.3, 0.4) is 0 Å². The topological polar surface area (TPSA) is 52.7 Å². The molecule has 0 aromatic heterocycles. The third-order valence-corrected chi connectivity index (χ3v) is 3.74. The smallest absolute Gasteiger partial charge is 0.254 e. The summed E-state index contributed by atoms with van der Waals surface area (Å²) in [6, 6.07) is 4.26. The Labute approximate surface area is 123 Å². The zero-order valence-corrected chi connectivity index (χ0v) is 12.4. The second kappa shape index (κ2) is 6.67. The van der Waals surface area contributed by atoms with Gasteiger partial charge in [0, 0.05) is 38.8 Å². The maximum Gasteiger partial charge on any atom is 0.254 e. The zero-order valence-electron chi connectivity index (χ0n) is 12.4. The molecule has 2 amide bonds. The monoisotopic (exact) mass is 293 g/mol. The normalized spacial score (nSPS) is 15.9. The third-order valence-electron chi connectivity index (χ3n) is 3.74. The van der Waals surface area contributed by atoms with Crippen molar-refractivity contribution >= 4 is 11.8 Å². The molecule has 1 aliphatic heterocycles. The van der Waals surface area contributed by atoms with Gasteiger partial charge in [0.05, 0.1) is 6.54 Å². The number of aryl methyl sites for hydroxylation is 1. The number of amides is 2. The molecule has 0 atom stereocenters. The highest BCUT2D eigenvalue weighted by Crippen LogP contribution is 2.14. The van der Waals surface area contributed by atoms with E-state index in [1.54, 1.807) is 24.9 Å². The molecule has 0 saturated carbocycles. The van der Waals surface area contributed by atoms with Gasteiger partial charge in [-0.2, -0.15) is 0 Å². The van der Waals surface area contributed by atoms with E-state index in [9.17, 15) is 14.0 Å². The quantitative estimate of drug-likeness (QED) is 0.890. The molecule has 2 rings (SSSR count). The standard InChI is InChI=1S/C15H20FN3O2/c1-11-3-4-12(16)9-13(11)15(21)19-7-5-18(6-8-19)10-14(20)17-2/h3-4,9H,5-8,10H2,1-2H3,(H,17,20). The molecule has 21 heavy (non-hydrogen) atoms. The average Bonchev–Trinajstić information content (AvgIpc) is 2.49. The largest absolute Gasteiger partial charge is 0.358 e. The fourth-order valence-electron chi connectivity index (χ4n) is 2.39. The number of piperazine rings is 1. The van der Waals surface area contributed by atoms with Gasteiger partial charge in [0.1, 0.15) is 5.82 Å². The van der Waals surface area contributed by atoms with Gasteiger partial charge in [-0.05, 0) is 24.6 Å². The van der Waals surface area contributed by atoms with Gasteiger partial charge in [-0.25, -0.2) is 4.39 Å². The Morgan fingerprint density at radius 3 is 2.52 bits per heavy atom. The summed E-state index contributed by atoms with van der Waals surface area (Å²) in [7, 11) is 1.61. The van der Waals surface area contributed by atoms with Crippen LogP contribution in [0.2, 0.25) is 0 Å². The molecule has 1 heterocycles. The number of rotatable bonds is 3. The Morgan fingerprint density at radius 2 is 1.90 bits per heavy atom. The van der Waals surface area contributed by atoms with E-state index in [2.05, 4.69) is 5.32 Å². The Balaban J connectivity index is 1.97. The summed E-state index contributed by atoms with van der Waals surface area (Å²) < 4.78 is 13.3. The molecule has 1 N–H and O–H groups in total. The number of hydrogen-bond acceptors (Lipinski definition) is 3. The van der Waals surface area contributed by atoms with E-state index in [1.807, 2.05) is 4.90 Å². The van der Waals surface area contributed by atoms with Gasteiger partial charge in [0.25, 0.3) is 5.91 Å². The number of carbonyl (C=O) groups excluding carboxylic acids is 2. The zero-order chi connectivity index (χ0) is 15.4. The summed E-state index contributed by atoms with van der Waals surface area (Å²) in [5.41, 5.74) is 1.18. The van der Waals surface area contributed by atoms with Crippen LogP contribution in [0.15, 0.2) is 18.2 Å². The first-order chi connectivity index (χ1) is 10.0. The van der Waals surface area contributed by atoms with Gasteiger partial charge in [0.2, 0.25) is 5.91 Å². The van der Waals surface area contributed by atoms with E-state index >= 15 is 0 Å². The lowest BCUT2D eigenvalue weighted by molar-refractivity contribution is -0.122. The van der Waals surface area contributed by atoms with Crippen molar-refractivity contribution in [2.45, 2.75) is 6.92 Å². The van der Waals surface area contributed by atoms with Crippen LogP contribution in [-0.4, -0.2) is 61.4 Å². The Hall–Kier alpha value is -1.95. The minimum atomic E-state index is -0.401. The first kappa shape index (κ1) is 15.4. The molecule has 1 aliphatic rings. The van der Waals surface area contributed by atoms with E-state index in [0.29, 0.717) is 38.3 Å². The predicted molar refractivity (Wildman–Crippen MR) is 77.5 cm³/mol. The molecule has 1 aromatic carbocycles. The van der Waals surface area contributed by atoms with Gasteiger partial charge >= 0.3 is 0 Å². The fraction of sp³-hybridized carbons (Fsp3) is 0.467. The van der Waals surface area contributed by atoms with E-state index in [0.717, 1.165) is 5.56 Å². The molecule has 5 nitrogen and oxygen atoms in total. The lowest BCUT2D eigenvalue weighted by Crippen LogP contribution is -2.51. The Bertz CT molecular complexity index is 540. The molecular weight excluding hydrogens is 273 g/mol. The summed E-state index contributed by atoms with van der Waals surface area (Å²) in [6.45, 7) is 4.53. The molecule has 0 aliphatic carbocycles. The van der Waals surface area contributed by atoms with Crippen LogP contribution in [-0.2, 0) is 4.79 Å². The number of nitrogens with one attached hydrogen (secondary N) is 1. The minimum absolute atomic E-state index is 0.0317. The number of nitrogens with zero attached hydrogens (tertiary/aromatic N) is 2. The number of carbonyl (C=O) groups is 2. The van der Waals surface area contributed by atoms with E-state index in [-0.39, 0.29) is 11.8 Å². The molecule has 0 radical (unpaired) electrons. The second-order valence-corrected chi connectivity index (χ2v) is 5.20. The van der Waals surface area contributed by atoms with Crippen molar-refractivity contribution in [3.05, 3.63) is 35.1 Å². The van der Waals surface area contributed by atoms with Crippen LogP contribution in [0.25, 0.3) is 0 Å². The van der Waals surface area contributed by atoms with Crippen molar-refractivity contribution in [3.63, 3.8) is 0 Å². The first-order valence-corrected chi connectivity index (χ1v) is 6.99. The van der Waals surface area contributed by atoms with E-state index in [4.69, 9.17) is 0 Å². The van der Waals surface area contributed by atoms with Crippen LogP contribution >= 0.6 is 0 Å². The van der Waals surface area contributed by atoms with E-state index in [1.165, 1.54) is 12.1 Å². The number of likely N-dealkylation sites (N-methyl/N-ethyl adjacent to an activating group) is 1. The third kappa shape index (κ3) is 3.78. The second-order valence-electron chi connectivity index (χ2n) is 5.20. The highest BCUT2D eigenvalue weighted by atomic mass is 19.1. The average molecular weight is 293 g/mol. The predicted octanol–water partition coefficient (Wildman–Crippen LogP) is 0.638. The number of halogens is 1. The summed E-state index contributed by atoms with van der Waals surface area (Å²) in [4.78, 5) is 27.5. The van der Waals surface area contributed by atoms with Crippen LogP contribution in [0, 0.1) is 12.7 Å². The van der Waals surface area contributed by atoms with Crippen molar-refractivity contribution in [1.82, 2.24) is 15.1 Å². The van der Waals surface area contributed by atoms with Crippen LogP contribution < -0.4 is 5.32 Å². The van der Waals surface area contributed by atoms with Gasteiger partial charge in [-0.1, -0.05) is 6.07 Å². The van der Waals surface area contributed by atoms with Gasteiger partial charge < -0.3 is 10.2 Å². The molecular formula is C15H20FN3O2. The summed E-state index contributed by atoms with van der Waals surface area (Å²) >= 11 is 0. The minimum Gasteiger partial charge on any atom is -0.358 e. The molecule has 0 unspecified atom stereocenters. The van der Waals surface area contributed by atoms with E-state index < -0.39 is 5.82 Å². The molecule has 0 bridgehead atoms. The highest BCUT2D eigenvalue weighted by Gasteiger charge is 2.24. The van der Waals surface area contributed by atoms with Crippen molar-refractivity contribution in [2.24, 2.45) is 0 Å². The van der Waals surface area contributed by atoms with Crippen molar-refractivity contribution < 1.29 is 14.0 Å². The Morgan fingerprint density at radius 1 is 1.24 bits per heavy atom. The lowest BCUT2D eigenvalue weighted by atomic mass is 10.1. The van der Waals surface area contributed by atoms with Crippen LogP contribution in [0.5, 0.6) is 0 Å². The molecule has 1 saturated heterocycles. The SMILES string of the molecule is CNC(=O)CN1CCN(C(=O)c2cc(F)ccc2C)CC1. The summed E-state index contributed by atoms with van der Waals surface area (Å²) in [5.74, 6) is -0.579. The number of benzene rings is 1. The van der Waals surface area contributed by atoms with Crippen molar-refractivity contribution in [3.8, 4) is 0 Å². The molecule has 0 spiro atoms. The molecule has 6 heteroatoms. The molecule has 114 valence electrons. The van der Waals surface area contributed by atoms with Crippen LogP contribution in [0.4, 0.5) is 4.39 Å². The Kier molecular flexibility index (Phi) is 4.90. The fourth-order valence-corrected chi connectivity index (χ4v) is 2.39. The maximum atomic E-state index is 13.3. The maximum absolute atomic E-state index is 13.3. The van der Waals surface area contributed by atoms with Crippen molar-refractivity contribution in [1.29, 1.82) is 0 Å². The summed E-state index contributed by atoms with van der Waals surface area (Å²) in [6.07, 6.45) is 0. The van der Waals surface area contributed by atoms with Gasteiger partial charge in [-0.3, -0.25) is 14.5 Å². The summed E-state index contributed by atoms with van der Waals surface area (Å²) in [5, 5.41) is 2.58. The molecule has 1 aromatic rings. The highest BCUT2D eigenvalue weighted by molar-refractivity contribution is 5.95.